The first kappa shape index (κ1) is 18.6. The van der Waals surface area contributed by atoms with Crippen LogP contribution >= 0.6 is 0 Å². The summed E-state index contributed by atoms with van der Waals surface area (Å²) < 4.78 is 34.8. The van der Waals surface area contributed by atoms with E-state index >= 15 is 0 Å². The van der Waals surface area contributed by atoms with E-state index in [0.29, 0.717) is 16.9 Å². The zero-order chi connectivity index (χ0) is 19.7. The number of alkyl halides is 2. The molecule has 1 heterocycles. The topological polar surface area (TPSA) is 82.2 Å². The summed E-state index contributed by atoms with van der Waals surface area (Å²) in [6.07, 6.45) is -2.75. The molecule has 2 aromatic carbocycles. The molecule has 1 N–H and O–H groups in total. The molecule has 27 heavy (non-hydrogen) atoms. The van der Waals surface area contributed by atoms with Gasteiger partial charge in [-0.05, 0) is 53.6 Å². The predicted molar refractivity (Wildman–Crippen MR) is 93.5 cm³/mol. The highest BCUT2D eigenvalue weighted by atomic mass is 19.3. The molecule has 0 unspecified atom stereocenters. The molecule has 0 bridgehead atoms. The van der Waals surface area contributed by atoms with Crippen molar-refractivity contribution in [2.75, 3.05) is 0 Å². The Bertz CT molecular complexity index is 1040. The van der Waals surface area contributed by atoms with E-state index < -0.39 is 12.1 Å². The summed E-state index contributed by atoms with van der Waals surface area (Å²) in [6.45, 7) is 3.24. The van der Waals surface area contributed by atoms with Crippen molar-refractivity contribution >= 4 is 0 Å². The van der Waals surface area contributed by atoms with Crippen LogP contribution in [-0.2, 0) is 13.7 Å². The van der Waals surface area contributed by atoms with E-state index in [1.807, 2.05) is 0 Å². The van der Waals surface area contributed by atoms with Crippen LogP contribution in [0.1, 0.15) is 28.7 Å². The minimum absolute atomic E-state index is 0.125. The van der Waals surface area contributed by atoms with Gasteiger partial charge >= 0.3 is 5.69 Å². The molecule has 0 aliphatic heterocycles. The fourth-order valence-electron chi connectivity index (χ4n) is 2.70. The van der Waals surface area contributed by atoms with E-state index in [0.717, 1.165) is 9.36 Å². The number of hydrogen-bond acceptors (Lipinski definition) is 5. The van der Waals surface area contributed by atoms with Gasteiger partial charge in [0.15, 0.2) is 0 Å². The molecule has 142 valence electrons. The number of hydrogen-bond donors (Lipinski definition) is 1. The van der Waals surface area contributed by atoms with Crippen LogP contribution in [0.25, 0.3) is 5.69 Å². The van der Waals surface area contributed by atoms with Gasteiger partial charge in [0.05, 0.1) is 5.69 Å². The molecule has 3 rings (SSSR count). The van der Waals surface area contributed by atoms with E-state index in [-0.39, 0.29) is 29.2 Å². The fraction of sp³-hybridized carbons (Fsp3) is 0.278. The summed E-state index contributed by atoms with van der Waals surface area (Å²) in [5, 5.41) is 17.1. The van der Waals surface area contributed by atoms with Crippen LogP contribution in [0.2, 0.25) is 0 Å². The predicted octanol–water partition coefficient (Wildman–Crippen LogP) is 2.81. The van der Waals surface area contributed by atoms with Crippen LogP contribution in [0.3, 0.4) is 0 Å². The number of phenolic OH excluding ortho intramolecular Hbond substituents is 1. The SMILES string of the molecule is Cc1cc(OCc2c(C(F)F)cccc2-n2nnn(C)c2=O)c(C)cc1O. The lowest BCUT2D eigenvalue weighted by molar-refractivity contribution is 0.148. The van der Waals surface area contributed by atoms with Gasteiger partial charge in [-0.1, -0.05) is 12.1 Å². The Morgan fingerprint density at radius 2 is 1.93 bits per heavy atom. The van der Waals surface area contributed by atoms with Crippen LogP contribution in [-0.4, -0.2) is 24.9 Å². The molecule has 0 fully saturated rings. The van der Waals surface area contributed by atoms with Crippen LogP contribution in [0.15, 0.2) is 35.1 Å². The highest BCUT2D eigenvalue weighted by molar-refractivity contribution is 5.47. The Morgan fingerprint density at radius 3 is 2.56 bits per heavy atom. The van der Waals surface area contributed by atoms with Gasteiger partial charge in [0.25, 0.3) is 6.43 Å². The van der Waals surface area contributed by atoms with Crippen molar-refractivity contribution in [1.82, 2.24) is 19.8 Å². The highest BCUT2D eigenvalue weighted by Crippen LogP contribution is 2.31. The van der Waals surface area contributed by atoms with E-state index in [9.17, 15) is 18.7 Å². The second-order valence-corrected chi connectivity index (χ2v) is 6.14. The number of halogens is 2. The Kier molecular flexibility index (Phi) is 4.93. The molecule has 0 amide bonds. The third kappa shape index (κ3) is 3.53. The molecular weight excluding hydrogens is 358 g/mol. The second-order valence-electron chi connectivity index (χ2n) is 6.14. The number of aryl methyl sites for hydroxylation is 3. The summed E-state index contributed by atoms with van der Waals surface area (Å²) in [5.74, 6) is 0.575. The Labute approximate surface area is 153 Å². The van der Waals surface area contributed by atoms with Crippen molar-refractivity contribution < 1.29 is 18.6 Å². The molecule has 0 aliphatic rings. The second kappa shape index (κ2) is 7.18. The zero-order valence-corrected chi connectivity index (χ0v) is 15.0. The summed E-state index contributed by atoms with van der Waals surface area (Å²) in [4.78, 5) is 12.2. The van der Waals surface area contributed by atoms with Gasteiger partial charge in [-0.25, -0.2) is 13.6 Å². The van der Waals surface area contributed by atoms with Crippen molar-refractivity contribution in [3.63, 3.8) is 0 Å². The minimum Gasteiger partial charge on any atom is -0.508 e. The van der Waals surface area contributed by atoms with Gasteiger partial charge in [-0.15, -0.1) is 0 Å². The van der Waals surface area contributed by atoms with Crippen molar-refractivity contribution in [3.8, 4) is 17.2 Å². The Hall–Kier alpha value is -3.23. The van der Waals surface area contributed by atoms with Crippen molar-refractivity contribution in [2.45, 2.75) is 26.9 Å². The average Bonchev–Trinajstić information content (AvgIpc) is 2.95. The minimum atomic E-state index is -2.75. The normalized spacial score (nSPS) is 11.2. The summed E-state index contributed by atoms with van der Waals surface area (Å²) in [6, 6.07) is 7.39. The highest BCUT2D eigenvalue weighted by Gasteiger charge is 2.20. The maximum absolute atomic E-state index is 13.5. The van der Waals surface area contributed by atoms with Crippen LogP contribution in [0.4, 0.5) is 8.78 Å². The monoisotopic (exact) mass is 376 g/mol. The number of aromatic hydroxyl groups is 1. The average molecular weight is 376 g/mol. The van der Waals surface area contributed by atoms with Crippen LogP contribution < -0.4 is 10.4 Å². The van der Waals surface area contributed by atoms with Crippen molar-refractivity contribution in [1.29, 1.82) is 0 Å². The third-order valence-electron chi connectivity index (χ3n) is 4.24. The number of phenols is 1. The molecule has 0 atom stereocenters. The van der Waals surface area contributed by atoms with E-state index in [1.54, 1.807) is 19.9 Å². The number of rotatable bonds is 5. The summed E-state index contributed by atoms with van der Waals surface area (Å²) in [7, 11) is 1.42. The number of ether oxygens (including phenoxy) is 1. The Morgan fingerprint density at radius 1 is 1.19 bits per heavy atom. The van der Waals surface area contributed by atoms with Gasteiger partial charge in [0, 0.05) is 18.2 Å². The van der Waals surface area contributed by atoms with Gasteiger partial charge in [-0.2, -0.15) is 9.36 Å². The molecule has 0 radical (unpaired) electrons. The maximum Gasteiger partial charge on any atom is 0.368 e. The molecule has 1 aromatic heterocycles. The fourth-order valence-corrected chi connectivity index (χ4v) is 2.70. The molecule has 0 saturated heterocycles. The smallest absolute Gasteiger partial charge is 0.368 e. The van der Waals surface area contributed by atoms with Crippen LogP contribution in [0.5, 0.6) is 11.5 Å². The van der Waals surface area contributed by atoms with E-state index in [2.05, 4.69) is 10.4 Å². The molecule has 3 aromatic rings. The number of aromatic nitrogens is 4. The number of benzene rings is 2. The molecule has 0 saturated carbocycles. The molecule has 0 spiro atoms. The molecule has 0 aliphatic carbocycles. The lowest BCUT2D eigenvalue weighted by Gasteiger charge is -2.16. The molecular formula is C18H18F2N4O3. The lowest BCUT2D eigenvalue weighted by Crippen LogP contribution is -2.23. The number of tetrazole rings is 1. The molecule has 7 nitrogen and oxygen atoms in total. The van der Waals surface area contributed by atoms with Crippen molar-refractivity contribution in [2.24, 2.45) is 7.05 Å². The standard InChI is InChI=1S/C18H18F2N4O3/c1-10-8-16(11(2)7-15(10)25)27-9-13-12(17(19)20)5-4-6-14(13)24-18(26)23(3)21-22-24/h4-8,17,25H,9H2,1-3H3. The lowest BCUT2D eigenvalue weighted by atomic mass is 10.1. The van der Waals surface area contributed by atoms with Crippen molar-refractivity contribution in [3.05, 3.63) is 63.1 Å². The third-order valence-corrected chi connectivity index (χ3v) is 4.24. The molecule has 9 heteroatoms. The largest absolute Gasteiger partial charge is 0.508 e. The first-order chi connectivity index (χ1) is 12.8. The van der Waals surface area contributed by atoms with Crippen LogP contribution in [0, 0.1) is 13.8 Å². The zero-order valence-electron chi connectivity index (χ0n) is 15.0. The maximum atomic E-state index is 13.5. The first-order valence-electron chi connectivity index (χ1n) is 8.12. The Balaban J connectivity index is 2.05. The van der Waals surface area contributed by atoms with Gasteiger partial charge in [0.2, 0.25) is 0 Å². The van der Waals surface area contributed by atoms with E-state index in [4.69, 9.17) is 4.74 Å². The first-order valence-corrected chi connectivity index (χ1v) is 8.12. The van der Waals surface area contributed by atoms with Gasteiger partial charge in [-0.3, -0.25) is 0 Å². The summed E-state index contributed by atoms with van der Waals surface area (Å²) in [5.41, 5.74) is 0.769. The van der Waals surface area contributed by atoms with Gasteiger partial charge in [0.1, 0.15) is 18.1 Å². The van der Waals surface area contributed by atoms with E-state index in [1.165, 1.54) is 31.3 Å². The van der Waals surface area contributed by atoms with Gasteiger partial charge < -0.3 is 9.84 Å². The number of nitrogens with zero attached hydrogens (tertiary/aromatic N) is 4. The quantitative estimate of drug-likeness (QED) is 0.740. The summed E-state index contributed by atoms with van der Waals surface area (Å²) >= 11 is 0.